The van der Waals surface area contributed by atoms with Gasteiger partial charge in [0.1, 0.15) is 29.7 Å². The molecule has 1 atom stereocenters. The van der Waals surface area contributed by atoms with Crippen molar-refractivity contribution >= 4 is 28.5 Å². The topological polar surface area (TPSA) is 89.4 Å². The molecular weight excluding hydrogens is 473 g/mol. The number of carbonyl (C=O) groups is 2. The highest BCUT2D eigenvalue weighted by Crippen LogP contribution is 2.32. The molecule has 2 amide bonds. The Morgan fingerprint density at radius 2 is 1.81 bits per heavy atom. The quantitative estimate of drug-likeness (QED) is 0.359. The van der Waals surface area contributed by atoms with Gasteiger partial charge in [-0.3, -0.25) is 14.5 Å². The van der Waals surface area contributed by atoms with E-state index < -0.39 is 29.2 Å². The van der Waals surface area contributed by atoms with E-state index in [4.69, 9.17) is 4.74 Å². The van der Waals surface area contributed by atoms with Gasteiger partial charge in [-0.05, 0) is 62.2 Å². The summed E-state index contributed by atoms with van der Waals surface area (Å²) in [6, 6.07) is 18.8. The Hall–Kier alpha value is -4.27. The first-order chi connectivity index (χ1) is 17.7. The van der Waals surface area contributed by atoms with E-state index in [1.165, 1.54) is 34.9 Å². The van der Waals surface area contributed by atoms with Crippen LogP contribution in [0.4, 0.5) is 10.1 Å². The first kappa shape index (κ1) is 25.8. The first-order valence-electron chi connectivity index (χ1n) is 12.0. The molecule has 1 aromatic heterocycles. The molecule has 0 fully saturated rings. The van der Waals surface area contributed by atoms with Crippen LogP contribution in [0.1, 0.15) is 38.8 Å². The second kappa shape index (κ2) is 10.8. The van der Waals surface area contributed by atoms with Crippen LogP contribution in [0.15, 0.2) is 72.8 Å². The zero-order chi connectivity index (χ0) is 26.6. The number of nitrogens with zero attached hydrogens (tertiary/aromatic N) is 4. The van der Waals surface area contributed by atoms with Crippen LogP contribution in [0.25, 0.3) is 11.0 Å². The van der Waals surface area contributed by atoms with Crippen LogP contribution in [0.2, 0.25) is 0 Å². The molecule has 8 nitrogen and oxygen atoms in total. The average molecular weight is 504 g/mol. The number of halogens is 1. The van der Waals surface area contributed by atoms with Gasteiger partial charge in [0.25, 0.3) is 0 Å². The Balaban J connectivity index is 1.85. The van der Waals surface area contributed by atoms with E-state index in [2.05, 4.69) is 15.6 Å². The van der Waals surface area contributed by atoms with Gasteiger partial charge in [-0.15, -0.1) is 5.10 Å². The van der Waals surface area contributed by atoms with Gasteiger partial charge >= 0.3 is 0 Å². The summed E-state index contributed by atoms with van der Waals surface area (Å²) in [4.78, 5) is 29.0. The van der Waals surface area contributed by atoms with Gasteiger partial charge < -0.3 is 10.1 Å². The number of nitrogens with one attached hydrogen (secondary N) is 1. The second-order valence-corrected chi connectivity index (χ2v) is 9.36. The van der Waals surface area contributed by atoms with Crippen LogP contribution in [0.5, 0.6) is 5.75 Å². The molecule has 1 N–H and O–H groups in total. The van der Waals surface area contributed by atoms with E-state index in [1.807, 2.05) is 32.9 Å². The van der Waals surface area contributed by atoms with Crippen LogP contribution >= 0.6 is 0 Å². The number of carbonyl (C=O) groups excluding carboxylic acids is 2. The lowest BCUT2D eigenvalue weighted by molar-refractivity contribution is -0.128. The molecule has 0 saturated carbocycles. The third kappa shape index (κ3) is 5.61. The van der Waals surface area contributed by atoms with Gasteiger partial charge in [0.2, 0.25) is 11.8 Å². The molecular formula is C28H30FN5O3. The number of anilines is 1. The normalized spacial score (nSPS) is 12.2. The summed E-state index contributed by atoms with van der Waals surface area (Å²) in [5.74, 6) is -1.10. The van der Waals surface area contributed by atoms with Crippen LogP contribution < -0.4 is 15.0 Å². The first-order valence-corrected chi connectivity index (χ1v) is 12.0. The standard InChI is InChI=1S/C28H30FN5O3/c1-5-28(2,3)30-27(36)26(19-11-10-12-20(17-19)37-4)34(23-15-8-6-13-21(23)29)25(35)18-33-24-16-9-7-14-22(24)31-32-33/h6-17,26H,5,18H2,1-4H3,(H,30,36)/t26-/m0/s1. The fourth-order valence-corrected chi connectivity index (χ4v) is 4.02. The monoisotopic (exact) mass is 503 g/mol. The molecule has 0 aliphatic carbocycles. The van der Waals surface area contributed by atoms with E-state index in [0.717, 1.165) is 0 Å². The number of hydrogen-bond donors (Lipinski definition) is 1. The average Bonchev–Trinajstić information content (AvgIpc) is 3.30. The number of rotatable bonds is 9. The summed E-state index contributed by atoms with van der Waals surface area (Å²) >= 11 is 0. The molecule has 0 spiro atoms. The number of fused-ring (bicyclic) bond motifs is 1. The third-order valence-electron chi connectivity index (χ3n) is 6.35. The molecule has 0 aliphatic rings. The summed E-state index contributed by atoms with van der Waals surface area (Å²) in [5.41, 5.74) is 1.18. The fraction of sp³-hybridized carbons (Fsp3) is 0.286. The molecule has 4 rings (SSSR count). The minimum atomic E-state index is -1.18. The van der Waals surface area contributed by atoms with Gasteiger partial charge in [-0.2, -0.15) is 0 Å². The number of aromatic nitrogens is 3. The maximum absolute atomic E-state index is 15.2. The highest BCUT2D eigenvalue weighted by molar-refractivity contribution is 6.01. The predicted molar refractivity (Wildman–Crippen MR) is 140 cm³/mol. The molecule has 0 unspecified atom stereocenters. The molecule has 1 heterocycles. The minimum absolute atomic E-state index is 0.0193. The van der Waals surface area contributed by atoms with E-state index >= 15 is 4.39 Å². The van der Waals surface area contributed by atoms with Crippen molar-refractivity contribution in [3.63, 3.8) is 0 Å². The highest BCUT2D eigenvalue weighted by Gasteiger charge is 2.36. The van der Waals surface area contributed by atoms with Crippen LogP contribution in [0, 0.1) is 5.82 Å². The van der Waals surface area contributed by atoms with Crippen molar-refractivity contribution in [3.8, 4) is 5.75 Å². The van der Waals surface area contributed by atoms with Crippen molar-refractivity contribution in [1.29, 1.82) is 0 Å². The van der Waals surface area contributed by atoms with Crippen molar-refractivity contribution in [3.05, 3.63) is 84.2 Å². The number of benzene rings is 3. The Kier molecular flexibility index (Phi) is 7.52. The number of ether oxygens (including phenoxy) is 1. The van der Waals surface area contributed by atoms with Crippen molar-refractivity contribution in [2.45, 2.75) is 45.3 Å². The number of methoxy groups -OCH3 is 1. The summed E-state index contributed by atoms with van der Waals surface area (Å²) in [5, 5.41) is 11.3. The molecule has 4 aromatic rings. The van der Waals surface area contributed by atoms with Gasteiger partial charge in [0.05, 0.1) is 18.3 Å². The zero-order valence-corrected chi connectivity index (χ0v) is 21.3. The summed E-state index contributed by atoms with van der Waals surface area (Å²) in [6.45, 7) is 5.49. The smallest absolute Gasteiger partial charge is 0.249 e. The Morgan fingerprint density at radius 3 is 2.54 bits per heavy atom. The maximum atomic E-state index is 15.2. The van der Waals surface area contributed by atoms with Crippen LogP contribution in [0.3, 0.4) is 0 Å². The lowest BCUT2D eigenvalue weighted by Crippen LogP contribution is -2.51. The lowest BCUT2D eigenvalue weighted by atomic mass is 9.98. The minimum Gasteiger partial charge on any atom is -0.497 e. The molecule has 0 aliphatic heterocycles. The molecule has 37 heavy (non-hydrogen) atoms. The Bertz CT molecular complexity index is 1420. The Labute approximate surface area is 215 Å². The zero-order valence-electron chi connectivity index (χ0n) is 21.3. The third-order valence-corrected chi connectivity index (χ3v) is 6.35. The van der Waals surface area contributed by atoms with Gasteiger partial charge in [-0.25, -0.2) is 9.07 Å². The van der Waals surface area contributed by atoms with Gasteiger partial charge in [0.15, 0.2) is 0 Å². The molecule has 0 saturated heterocycles. The maximum Gasteiger partial charge on any atom is 0.249 e. The molecule has 9 heteroatoms. The van der Waals surface area contributed by atoms with E-state index in [9.17, 15) is 9.59 Å². The second-order valence-electron chi connectivity index (χ2n) is 9.36. The SMILES string of the molecule is CCC(C)(C)NC(=O)[C@H](c1cccc(OC)c1)N(C(=O)Cn1nnc2ccccc21)c1ccccc1F. The molecule has 0 bridgehead atoms. The summed E-state index contributed by atoms with van der Waals surface area (Å²) in [6.07, 6.45) is 0.655. The Morgan fingerprint density at radius 1 is 1.08 bits per heavy atom. The van der Waals surface area contributed by atoms with Crippen molar-refractivity contribution < 1.29 is 18.7 Å². The molecule has 3 aromatic carbocycles. The van der Waals surface area contributed by atoms with Crippen LogP contribution in [-0.4, -0.2) is 39.5 Å². The van der Waals surface area contributed by atoms with E-state index in [-0.39, 0.29) is 12.2 Å². The lowest BCUT2D eigenvalue weighted by Gasteiger charge is -2.34. The fourth-order valence-electron chi connectivity index (χ4n) is 4.02. The summed E-state index contributed by atoms with van der Waals surface area (Å²) < 4.78 is 22.1. The predicted octanol–water partition coefficient (Wildman–Crippen LogP) is 4.66. The molecule has 0 radical (unpaired) electrons. The van der Waals surface area contributed by atoms with E-state index in [1.54, 1.807) is 42.5 Å². The van der Waals surface area contributed by atoms with Crippen LogP contribution in [-0.2, 0) is 16.1 Å². The van der Waals surface area contributed by atoms with Crippen molar-refractivity contribution in [1.82, 2.24) is 20.3 Å². The summed E-state index contributed by atoms with van der Waals surface area (Å²) in [7, 11) is 1.52. The number of hydrogen-bond acceptors (Lipinski definition) is 5. The number of para-hydroxylation sites is 2. The largest absolute Gasteiger partial charge is 0.497 e. The van der Waals surface area contributed by atoms with Gasteiger partial charge in [0, 0.05) is 5.54 Å². The molecule has 192 valence electrons. The highest BCUT2D eigenvalue weighted by atomic mass is 19.1. The van der Waals surface area contributed by atoms with Crippen molar-refractivity contribution in [2.24, 2.45) is 0 Å². The number of amides is 2. The van der Waals surface area contributed by atoms with E-state index in [0.29, 0.717) is 28.8 Å². The van der Waals surface area contributed by atoms with Gasteiger partial charge in [-0.1, -0.05) is 48.5 Å². The van der Waals surface area contributed by atoms with Crippen molar-refractivity contribution in [2.75, 3.05) is 12.0 Å².